The van der Waals surface area contributed by atoms with Crippen molar-refractivity contribution in [3.05, 3.63) is 29.3 Å². The minimum Gasteiger partial charge on any atom is -0.497 e. The Balaban J connectivity index is 1.93. The molecule has 19 heavy (non-hydrogen) atoms. The van der Waals surface area contributed by atoms with E-state index in [0.29, 0.717) is 12.1 Å². The van der Waals surface area contributed by atoms with Crippen LogP contribution in [0.5, 0.6) is 5.75 Å². The van der Waals surface area contributed by atoms with E-state index in [-0.39, 0.29) is 0 Å². The topological polar surface area (TPSA) is 30.5 Å². The summed E-state index contributed by atoms with van der Waals surface area (Å²) in [7, 11) is 1.73. The van der Waals surface area contributed by atoms with Gasteiger partial charge in [0.25, 0.3) is 0 Å². The lowest BCUT2D eigenvalue weighted by atomic mass is 9.88. The molecule has 3 nitrogen and oxygen atoms in total. The van der Waals surface area contributed by atoms with Gasteiger partial charge >= 0.3 is 0 Å². The van der Waals surface area contributed by atoms with Gasteiger partial charge in [-0.15, -0.1) is 0 Å². The summed E-state index contributed by atoms with van der Waals surface area (Å²) < 4.78 is 10.8. The Hall–Kier alpha value is -1.06. The molecule has 3 heteroatoms. The third-order valence-corrected chi connectivity index (χ3v) is 3.73. The van der Waals surface area contributed by atoms with Crippen molar-refractivity contribution in [2.75, 3.05) is 20.3 Å². The number of aryl methyl sites for hydroxylation is 1. The second-order valence-corrected chi connectivity index (χ2v) is 5.30. The molecule has 0 bridgehead atoms. The van der Waals surface area contributed by atoms with Crippen LogP contribution in [0.15, 0.2) is 18.2 Å². The normalized spacial score (nSPS) is 19.8. The monoisotopic (exact) mass is 263 g/mol. The summed E-state index contributed by atoms with van der Waals surface area (Å²) >= 11 is 0. The summed E-state index contributed by atoms with van der Waals surface area (Å²) in [6, 6.07) is 7.40. The van der Waals surface area contributed by atoms with E-state index in [0.717, 1.165) is 31.8 Å². The first kappa shape index (κ1) is 14.4. The third kappa shape index (κ3) is 3.95. The molecule has 1 aromatic carbocycles. The average molecular weight is 263 g/mol. The number of nitrogens with one attached hydrogen (secondary N) is 1. The Morgan fingerprint density at radius 2 is 2.21 bits per heavy atom. The molecular weight excluding hydrogens is 238 g/mol. The van der Waals surface area contributed by atoms with Gasteiger partial charge in [0.1, 0.15) is 5.75 Å². The Morgan fingerprint density at radius 3 is 2.95 bits per heavy atom. The quantitative estimate of drug-likeness (QED) is 0.855. The summed E-state index contributed by atoms with van der Waals surface area (Å²) in [5.74, 6) is 0.960. The molecule has 0 heterocycles. The number of fused-ring (bicyclic) bond motifs is 1. The van der Waals surface area contributed by atoms with Gasteiger partial charge in [0, 0.05) is 18.7 Å². The molecule has 0 aliphatic heterocycles. The highest BCUT2D eigenvalue weighted by atomic mass is 16.5. The summed E-state index contributed by atoms with van der Waals surface area (Å²) in [4.78, 5) is 0. The molecule has 0 amide bonds. The lowest BCUT2D eigenvalue weighted by Crippen LogP contribution is -2.42. The summed E-state index contributed by atoms with van der Waals surface area (Å²) in [6.07, 6.45) is 3.44. The molecule has 1 aromatic rings. The van der Waals surface area contributed by atoms with Crippen LogP contribution >= 0.6 is 0 Å². The molecule has 2 atom stereocenters. The fourth-order valence-corrected chi connectivity index (χ4v) is 2.75. The number of hydrogen-bond donors (Lipinski definition) is 1. The lowest BCUT2D eigenvalue weighted by molar-refractivity contribution is 0.122. The largest absolute Gasteiger partial charge is 0.497 e. The van der Waals surface area contributed by atoms with Crippen molar-refractivity contribution in [3.63, 3.8) is 0 Å². The van der Waals surface area contributed by atoms with Crippen molar-refractivity contribution in [3.8, 4) is 5.75 Å². The van der Waals surface area contributed by atoms with Crippen LogP contribution in [0, 0.1) is 0 Å². The fraction of sp³-hybridized carbons (Fsp3) is 0.625. The highest BCUT2D eigenvalue weighted by Crippen LogP contribution is 2.25. The molecule has 0 spiro atoms. The molecule has 1 aliphatic rings. The number of hydrogen-bond acceptors (Lipinski definition) is 3. The van der Waals surface area contributed by atoms with E-state index in [1.54, 1.807) is 7.11 Å². The maximum atomic E-state index is 5.46. The first-order valence-electron chi connectivity index (χ1n) is 7.22. The van der Waals surface area contributed by atoms with Crippen LogP contribution < -0.4 is 10.1 Å². The fourth-order valence-electron chi connectivity index (χ4n) is 2.75. The van der Waals surface area contributed by atoms with Crippen LogP contribution in [0.1, 0.15) is 31.4 Å². The molecule has 0 fully saturated rings. The molecule has 0 saturated heterocycles. The number of ether oxygens (including phenoxy) is 2. The molecule has 0 saturated carbocycles. The predicted molar refractivity (Wildman–Crippen MR) is 77.9 cm³/mol. The highest BCUT2D eigenvalue weighted by molar-refractivity contribution is 5.37. The Bertz CT molecular complexity index is 406. The first-order valence-corrected chi connectivity index (χ1v) is 7.22. The minimum atomic E-state index is 0.414. The van der Waals surface area contributed by atoms with E-state index in [1.807, 2.05) is 6.92 Å². The average Bonchev–Trinajstić information content (AvgIpc) is 2.44. The van der Waals surface area contributed by atoms with Crippen LogP contribution in [0.2, 0.25) is 0 Å². The number of benzene rings is 1. The minimum absolute atomic E-state index is 0.414. The lowest BCUT2D eigenvalue weighted by Gasteiger charge is -2.28. The van der Waals surface area contributed by atoms with Crippen LogP contribution in [-0.2, 0) is 17.6 Å². The van der Waals surface area contributed by atoms with E-state index in [9.17, 15) is 0 Å². The Kier molecular flexibility index (Phi) is 5.23. The van der Waals surface area contributed by atoms with Crippen molar-refractivity contribution in [2.24, 2.45) is 0 Å². The second kappa shape index (κ2) is 6.92. The van der Waals surface area contributed by atoms with Gasteiger partial charge in [0.2, 0.25) is 0 Å². The molecule has 106 valence electrons. The summed E-state index contributed by atoms with van der Waals surface area (Å²) in [5.41, 5.74) is 2.89. The zero-order valence-electron chi connectivity index (χ0n) is 12.2. The van der Waals surface area contributed by atoms with Crippen molar-refractivity contribution in [1.82, 2.24) is 5.32 Å². The highest BCUT2D eigenvalue weighted by Gasteiger charge is 2.20. The molecule has 0 radical (unpaired) electrons. The number of methoxy groups -OCH3 is 1. The van der Waals surface area contributed by atoms with Gasteiger partial charge in [-0.1, -0.05) is 6.07 Å². The van der Waals surface area contributed by atoms with Gasteiger partial charge in [0.05, 0.1) is 13.7 Å². The molecule has 1 N–H and O–H groups in total. The smallest absolute Gasteiger partial charge is 0.119 e. The summed E-state index contributed by atoms with van der Waals surface area (Å²) in [6.45, 7) is 5.81. The van der Waals surface area contributed by atoms with Crippen LogP contribution in [0.3, 0.4) is 0 Å². The van der Waals surface area contributed by atoms with Crippen molar-refractivity contribution >= 4 is 0 Å². The molecule has 2 unspecified atom stereocenters. The van der Waals surface area contributed by atoms with Gasteiger partial charge in [-0.25, -0.2) is 0 Å². The predicted octanol–water partition coefficient (Wildman–Crippen LogP) is 2.57. The maximum Gasteiger partial charge on any atom is 0.119 e. The van der Waals surface area contributed by atoms with E-state index in [4.69, 9.17) is 9.47 Å². The maximum absolute atomic E-state index is 5.46. The summed E-state index contributed by atoms with van der Waals surface area (Å²) in [5, 5.41) is 3.67. The van der Waals surface area contributed by atoms with Gasteiger partial charge in [0.15, 0.2) is 0 Å². The second-order valence-electron chi connectivity index (χ2n) is 5.30. The Labute approximate surface area is 116 Å². The van der Waals surface area contributed by atoms with Crippen LogP contribution in [0.25, 0.3) is 0 Å². The van der Waals surface area contributed by atoms with Crippen molar-refractivity contribution in [2.45, 2.75) is 45.2 Å². The molecular formula is C16H25NO2. The molecule has 2 rings (SSSR count). The van der Waals surface area contributed by atoms with Crippen LogP contribution in [-0.4, -0.2) is 32.4 Å². The van der Waals surface area contributed by atoms with Crippen molar-refractivity contribution < 1.29 is 9.47 Å². The van der Waals surface area contributed by atoms with E-state index >= 15 is 0 Å². The van der Waals surface area contributed by atoms with E-state index in [1.165, 1.54) is 17.5 Å². The van der Waals surface area contributed by atoms with Crippen LogP contribution in [0.4, 0.5) is 0 Å². The van der Waals surface area contributed by atoms with E-state index in [2.05, 4.69) is 30.4 Å². The zero-order chi connectivity index (χ0) is 13.7. The zero-order valence-corrected chi connectivity index (χ0v) is 12.2. The standard InChI is InChI=1S/C16H25NO2/c1-4-19-11-12(2)17-15-7-5-13-6-8-16(18-3)10-14(13)9-15/h6,8,10,12,15,17H,4-5,7,9,11H2,1-3H3. The van der Waals surface area contributed by atoms with Crippen molar-refractivity contribution in [1.29, 1.82) is 0 Å². The number of rotatable bonds is 6. The van der Waals surface area contributed by atoms with E-state index < -0.39 is 0 Å². The first-order chi connectivity index (χ1) is 9.22. The van der Waals surface area contributed by atoms with Gasteiger partial charge < -0.3 is 14.8 Å². The molecule has 1 aliphatic carbocycles. The van der Waals surface area contributed by atoms with Gasteiger partial charge in [-0.05, 0) is 56.4 Å². The third-order valence-electron chi connectivity index (χ3n) is 3.73. The van der Waals surface area contributed by atoms with Gasteiger partial charge in [-0.2, -0.15) is 0 Å². The molecule has 0 aromatic heterocycles. The SMILES string of the molecule is CCOCC(C)NC1CCc2ccc(OC)cc2C1. The van der Waals surface area contributed by atoms with Gasteiger partial charge in [-0.3, -0.25) is 0 Å². The Morgan fingerprint density at radius 1 is 1.37 bits per heavy atom.